The molecule has 1 heterocycles. The molecule has 0 radical (unpaired) electrons. The van der Waals surface area contributed by atoms with E-state index in [0.717, 1.165) is 27.8 Å². The van der Waals surface area contributed by atoms with E-state index in [9.17, 15) is 13.2 Å². The molecule has 1 saturated heterocycles. The molecular weight excluding hydrogens is 446 g/mol. The maximum atomic E-state index is 13.8. The number of carbonyl (C=O) groups excluding carboxylic acids is 1. The van der Waals surface area contributed by atoms with Gasteiger partial charge in [-0.2, -0.15) is 4.31 Å². The summed E-state index contributed by atoms with van der Waals surface area (Å²) in [5, 5.41) is 0. The van der Waals surface area contributed by atoms with Crippen LogP contribution in [-0.4, -0.2) is 37.9 Å². The predicted molar refractivity (Wildman–Crippen MR) is 133 cm³/mol. The van der Waals surface area contributed by atoms with Gasteiger partial charge in [0.25, 0.3) is 0 Å². The van der Waals surface area contributed by atoms with E-state index in [1.54, 1.807) is 24.3 Å². The van der Waals surface area contributed by atoms with Crippen LogP contribution in [-0.2, 0) is 25.0 Å². The Hall–Kier alpha value is -2.96. The Morgan fingerprint density at radius 1 is 0.882 bits per heavy atom. The van der Waals surface area contributed by atoms with Crippen LogP contribution in [0.3, 0.4) is 0 Å². The molecule has 6 heteroatoms. The number of nitrogens with zero attached hydrogens (tertiary/aromatic N) is 1. The van der Waals surface area contributed by atoms with Crippen LogP contribution < -0.4 is 0 Å². The number of rotatable bonds is 5. The first-order chi connectivity index (χ1) is 16.1. The van der Waals surface area contributed by atoms with Crippen molar-refractivity contribution < 1.29 is 17.9 Å². The maximum Gasteiger partial charge on any atom is 0.302 e. The molecule has 0 amide bonds. The van der Waals surface area contributed by atoms with Gasteiger partial charge >= 0.3 is 5.97 Å². The Kier molecular flexibility index (Phi) is 6.65. The molecule has 1 atom stereocenters. The zero-order valence-electron chi connectivity index (χ0n) is 20.1. The third kappa shape index (κ3) is 4.79. The lowest BCUT2D eigenvalue weighted by Gasteiger charge is -2.46. The van der Waals surface area contributed by atoms with Gasteiger partial charge in [-0.3, -0.25) is 4.79 Å². The minimum absolute atomic E-state index is 0.120. The van der Waals surface area contributed by atoms with Crippen LogP contribution in [0.5, 0.6) is 0 Å². The molecule has 0 aromatic heterocycles. The van der Waals surface area contributed by atoms with Gasteiger partial charge in [0.05, 0.1) is 11.4 Å². The summed E-state index contributed by atoms with van der Waals surface area (Å²) in [6.07, 6.45) is -0.0770. The van der Waals surface area contributed by atoms with Gasteiger partial charge in [-0.05, 0) is 44.0 Å². The Labute approximate surface area is 202 Å². The lowest BCUT2D eigenvalue weighted by Crippen LogP contribution is -2.55. The second kappa shape index (κ2) is 9.35. The Bertz CT molecular complexity index is 1250. The van der Waals surface area contributed by atoms with Crippen LogP contribution in [0, 0.1) is 20.8 Å². The van der Waals surface area contributed by atoms with E-state index in [1.807, 2.05) is 57.2 Å². The molecule has 0 saturated carbocycles. The second-order valence-corrected chi connectivity index (χ2v) is 11.3. The van der Waals surface area contributed by atoms with Gasteiger partial charge < -0.3 is 4.74 Å². The fourth-order valence-corrected chi connectivity index (χ4v) is 6.47. The second-order valence-electron chi connectivity index (χ2n) is 9.37. The summed E-state index contributed by atoms with van der Waals surface area (Å²) in [7, 11) is -3.81. The zero-order chi connectivity index (χ0) is 24.5. The van der Waals surface area contributed by atoms with Gasteiger partial charge in [0.2, 0.25) is 10.0 Å². The van der Waals surface area contributed by atoms with Crippen molar-refractivity contribution in [2.45, 2.75) is 50.5 Å². The van der Waals surface area contributed by atoms with Gasteiger partial charge in [-0.1, -0.05) is 77.4 Å². The van der Waals surface area contributed by atoms with E-state index in [1.165, 1.54) is 11.2 Å². The highest BCUT2D eigenvalue weighted by molar-refractivity contribution is 7.89. The van der Waals surface area contributed by atoms with Crippen LogP contribution in [0.1, 0.15) is 41.2 Å². The van der Waals surface area contributed by atoms with Gasteiger partial charge in [0.15, 0.2) is 0 Å². The summed E-state index contributed by atoms with van der Waals surface area (Å²) in [5.74, 6) is -0.415. The smallest absolute Gasteiger partial charge is 0.302 e. The molecular formula is C28H31NO4S. The number of esters is 1. The van der Waals surface area contributed by atoms with Crippen molar-refractivity contribution in [3.05, 3.63) is 101 Å². The van der Waals surface area contributed by atoms with E-state index in [0.29, 0.717) is 6.42 Å². The van der Waals surface area contributed by atoms with Crippen molar-refractivity contribution in [1.29, 1.82) is 0 Å². The van der Waals surface area contributed by atoms with Gasteiger partial charge in [-0.25, -0.2) is 8.42 Å². The summed E-state index contributed by atoms with van der Waals surface area (Å²) in [5.41, 5.74) is 4.52. The quantitative estimate of drug-likeness (QED) is 0.489. The number of hydrogen-bond acceptors (Lipinski definition) is 4. The summed E-state index contributed by atoms with van der Waals surface area (Å²) in [4.78, 5) is 12.2. The first kappa shape index (κ1) is 24.2. The largest absolute Gasteiger partial charge is 0.461 e. The van der Waals surface area contributed by atoms with Gasteiger partial charge in [-0.15, -0.1) is 0 Å². The molecule has 178 valence electrons. The highest BCUT2D eigenvalue weighted by atomic mass is 32.2. The lowest BCUT2D eigenvalue weighted by atomic mass is 9.68. The summed E-state index contributed by atoms with van der Waals surface area (Å²) < 4.78 is 34.8. The number of hydrogen-bond donors (Lipinski definition) is 0. The molecule has 0 bridgehead atoms. The third-order valence-electron chi connectivity index (χ3n) is 6.56. The number of aryl methyl sites for hydroxylation is 3. The minimum atomic E-state index is -3.81. The number of benzene rings is 3. The highest BCUT2D eigenvalue weighted by Crippen LogP contribution is 2.43. The molecule has 0 N–H and O–H groups in total. The van der Waals surface area contributed by atoms with Crippen molar-refractivity contribution >= 4 is 16.0 Å². The summed E-state index contributed by atoms with van der Waals surface area (Å²) >= 11 is 0. The first-order valence-corrected chi connectivity index (χ1v) is 12.9. The molecule has 0 spiro atoms. The number of carbonyl (C=O) groups is 1. The van der Waals surface area contributed by atoms with Crippen molar-refractivity contribution in [1.82, 2.24) is 4.31 Å². The fraction of sp³-hybridized carbons (Fsp3) is 0.321. The van der Waals surface area contributed by atoms with Crippen molar-refractivity contribution in [2.24, 2.45) is 0 Å². The minimum Gasteiger partial charge on any atom is -0.461 e. The molecule has 0 unspecified atom stereocenters. The standard InChI is InChI=1S/C28H31NO4S/c1-20-11-13-27(14-12-20)34(31,32)29-18-26(33-23(4)30)17-28(19-29,24-9-5-7-21(2)15-24)25-10-6-8-22(3)16-25/h5-16,26H,17-19H2,1-4H3/t26-/m1/s1. The van der Waals surface area contributed by atoms with Crippen molar-refractivity contribution in [3.63, 3.8) is 0 Å². The average molecular weight is 478 g/mol. The molecule has 1 aliphatic heterocycles. The number of ether oxygens (including phenoxy) is 1. The van der Waals surface area contributed by atoms with E-state index < -0.39 is 27.5 Å². The van der Waals surface area contributed by atoms with E-state index in [4.69, 9.17) is 4.74 Å². The number of sulfonamides is 1. The maximum absolute atomic E-state index is 13.8. The van der Waals surface area contributed by atoms with Crippen LogP contribution in [0.25, 0.3) is 0 Å². The molecule has 0 aliphatic carbocycles. The van der Waals surface area contributed by atoms with Crippen LogP contribution in [0.2, 0.25) is 0 Å². The number of piperidine rings is 1. The Balaban J connectivity index is 1.90. The van der Waals surface area contributed by atoms with Crippen molar-refractivity contribution in [3.8, 4) is 0 Å². The lowest BCUT2D eigenvalue weighted by molar-refractivity contribution is -0.149. The molecule has 3 aromatic carbocycles. The zero-order valence-corrected chi connectivity index (χ0v) is 20.9. The van der Waals surface area contributed by atoms with Crippen LogP contribution in [0.15, 0.2) is 77.7 Å². The van der Waals surface area contributed by atoms with Gasteiger partial charge in [0.1, 0.15) is 6.10 Å². The SMILES string of the molecule is CC(=O)O[C@H]1CN(S(=O)(=O)c2ccc(C)cc2)CC(c2cccc(C)c2)(c2cccc(C)c2)C1. The topological polar surface area (TPSA) is 63.7 Å². The summed E-state index contributed by atoms with van der Waals surface area (Å²) in [6, 6.07) is 23.2. The molecule has 1 fully saturated rings. The van der Waals surface area contributed by atoms with Gasteiger partial charge in [0, 0.05) is 25.3 Å². The van der Waals surface area contributed by atoms with Crippen LogP contribution in [0.4, 0.5) is 0 Å². The Morgan fingerprint density at radius 3 is 1.94 bits per heavy atom. The molecule has 34 heavy (non-hydrogen) atoms. The van der Waals surface area contributed by atoms with Crippen molar-refractivity contribution in [2.75, 3.05) is 13.1 Å². The Morgan fingerprint density at radius 2 is 1.44 bits per heavy atom. The molecule has 3 aromatic rings. The molecule has 4 rings (SSSR count). The van der Waals surface area contributed by atoms with E-state index >= 15 is 0 Å². The third-order valence-corrected chi connectivity index (χ3v) is 8.39. The van der Waals surface area contributed by atoms with E-state index in [2.05, 4.69) is 12.1 Å². The normalized spacial score (nSPS) is 18.4. The van der Waals surface area contributed by atoms with E-state index in [-0.39, 0.29) is 18.0 Å². The van der Waals surface area contributed by atoms with Crippen LogP contribution >= 0.6 is 0 Å². The summed E-state index contributed by atoms with van der Waals surface area (Å²) in [6.45, 7) is 7.73. The monoisotopic (exact) mass is 477 g/mol. The molecule has 5 nitrogen and oxygen atoms in total. The molecule has 1 aliphatic rings. The fourth-order valence-electron chi connectivity index (χ4n) is 4.94. The predicted octanol–water partition coefficient (Wildman–Crippen LogP) is 4.92. The highest BCUT2D eigenvalue weighted by Gasteiger charge is 2.47. The first-order valence-electron chi connectivity index (χ1n) is 11.5. The average Bonchev–Trinajstić information content (AvgIpc) is 2.78.